The highest BCUT2D eigenvalue weighted by Gasteiger charge is 2.17. The summed E-state index contributed by atoms with van der Waals surface area (Å²) in [6.07, 6.45) is 1.96. The molecule has 0 N–H and O–H groups in total. The maximum Gasteiger partial charge on any atom is 0.179 e. The molecule has 0 spiro atoms. The zero-order valence-corrected chi connectivity index (χ0v) is 6.55. The number of aliphatic imine (C=N–C) groups is 1. The molecule has 0 saturated carbocycles. The van der Waals surface area contributed by atoms with Crippen LogP contribution in [0, 0.1) is 5.92 Å². The predicted molar refractivity (Wildman–Crippen MR) is 41.4 cm³/mol. The van der Waals surface area contributed by atoms with Gasteiger partial charge in [0, 0.05) is 12.5 Å². The first-order valence-electron chi connectivity index (χ1n) is 3.79. The Balaban J connectivity index is 2.56. The lowest BCUT2D eigenvalue weighted by atomic mass is 10.0. The lowest BCUT2D eigenvalue weighted by Gasteiger charge is -2.01. The van der Waals surface area contributed by atoms with Crippen molar-refractivity contribution in [3.8, 4) is 0 Å². The number of rotatable bonds is 2. The van der Waals surface area contributed by atoms with Crippen LogP contribution in [0.4, 0.5) is 0 Å². The minimum Gasteiger partial charge on any atom is -0.293 e. The molecule has 2 heteroatoms. The first-order valence-corrected chi connectivity index (χ1v) is 3.79. The van der Waals surface area contributed by atoms with Gasteiger partial charge < -0.3 is 0 Å². The third-order valence-corrected chi connectivity index (χ3v) is 1.68. The predicted octanol–water partition coefficient (Wildman–Crippen LogP) is 1.45. The van der Waals surface area contributed by atoms with Gasteiger partial charge >= 0.3 is 0 Å². The molecule has 0 radical (unpaired) electrons. The van der Waals surface area contributed by atoms with Gasteiger partial charge in [0.15, 0.2) is 5.78 Å². The number of carbonyl (C=O) groups is 1. The SMILES string of the molecule is CC(C)C(=O)C1=NCCC1. The van der Waals surface area contributed by atoms with Crippen LogP contribution in [0.5, 0.6) is 0 Å². The van der Waals surface area contributed by atoms with Gasteiger partial charge in [-0.05, 0) is 12.8 Å². The zero-order valence-electron chi connectivity index (χ0n) is 6.55. The van der Waals surface area contributed by atoms with Crippen LogP contribution in [0.3, 0.4) is 0 Å². The monoisotopic (exact) mass is 139 g/mol. The molecule has 0 atom stereocenters. The van der Waals surface area contributed by atoms with Crippen molar-refractivity contribution in [3.05, 3.63) is 0 Å². The highest BCUT2D eigenvalue weighted by molar-refractivity contribution is 6.40. The molecule has 0 saturated heterocycles. The van der Waals surface area contributed by atoms with Gasteiger partial charge in [0.05, 0.1) is 5.71 Å². The van der Waals surface area contributed by atoms with Crippen LogP contribution >= 0.6 is 0 Å². The maximum atomic E-state index is 11.2. The van der Waals surface area contributed by atoms with Crippen molar-refractivity contribution in [3.63, 3.8) is 0 Å². The Morgan fingerprint density at radius 2 is 2.30 bits per heavy atom. The summed E-state index contributed by atoms with van der Waals surface area (Å²) in [7, 11) is 0. The molecule has 0 fully saturated rings. The summed E-state index contributed by atoms with van der Waals surface area (Å²) in [5.74, 6) is 0.356. The van der Waals surface area contributed by atoms with E-state index in [9.17, 15) is 4.79 Å². The molecule has 1 rings (SSSR count). The van der Waals surface area contributed by atoms with Crippen LogP contribution in [0.15, 0.2) is 4.99 Å². The van der Waals surface area contributed by atoms with Gasteiger partial charge in [-0.1, -0.05) is 13.8 Å². The number of hydrogen-bond donors (Lipinski definition) is 0. The van der Waals surface area contributed by atoms with E-state index in [-0.39, 0.29) is 11.7 Å². The van der Waals surface area contributed by atoms with E-state index in [4.69, 9.17) is 0 Å². The third kappa shape index (κ3) is 1.43. The Labute approximate surface area is 61.3 Å². The van der Waals surface area contributed by atoms with Crippen molar-refractivity contribution in [1.29, 1.82) is 0 Å². The number of nitrogens with zero attached hydrogens (tertiary/aromatic N) is 1. The Hall–Kier alpha value is -0.660. The Morgan fingerprint density at radius 1 is 1.60 bits per heavy atom. The van der Waals surface area contributed by atoms with Gasteiger partial charge in [-0.3, -0.25) is 9.79 Å². The smallest absolute Gasteiger partial charge is 0.179 e. The molecule has 2 nitrogen and oxygen atoms in total. The van der Waals surface area contributed by atoms with E-state index in [0.717, 1.165) is 25.1 Å². The van der Waals surface area contributed by atoms with Crippen LogP contribution < -0.4 is 0 Å². The van der Waals surface area contributed by atoms with E-state index in [2.05, 4.69) is 4.99 Å². The molecular weight excluding hydrogens is 126 g/mol. The first kappa shape index (κ1) is 7.45. The summed E-state index contributed by atoms with van der Waals surface area (Å²) < 4.78 is 0. The van der Waals surface area contributed by atoms with Crippen molar-refractivity contribution in [2.75, 3.05) is 6.54 Å². The molecule has 0 bridgehead atoms. The van der Waals surface area contributed by atoms with Crippen LogP contribution in [0.25, 0.3) is 0 Å². The fourth-order valence-corrected chi connectivity index (χ4v) is 1.07. The van der Waals surface area contributed by atoms with E-state index in [1.807, 2.05) is 13.8 Å². The highest BCUT2D eigenvalue weighted by Crippen LogP contribution is 2.08. The van der Waals surface area contributed by atoms with E-state index < -0.39 is 0 Å². The van der Waals surface area contributed by atoms with E-state index in [0.29, 0.717) is 0 Å². The molecule has 1 aliphatic rings. The summed E-state index contributed by atoms with van der Waals surface area (Å²) in [6.45, 7) is 4.69. The summed E-state index contributed by atoms with van der Waals surface area (Å²) in [5.41, 5.74) is 0.815. The molecule has 1 aliphatic heterocycles. The molecule has 0 amide bonds. The highest BCUT2D eigenvalue weighted by atomic mass is 16.1. The quantitative estimate of drug-likeness (QED) is 0.569. The Kier molecular flexibility index (Phi) is 2.20. The summed E-state index contributed by atoms with van der Waals surface area (Å²) in [6, 6.07) is 0. The summed E-state index contributed by atoms with van der Waals surface area (Å²) in [5, 5.41) is 0. The van der Waals surface area contributed by atoms with Crippen molar-refractivity contribution in [1.82, 2.24) is 0 Å². The molecule has 0 aromatic rings. The average molecular weight is 139 g/mol. The van der Waals surface area contributed by atoms with E-state index >= 15 is 0 Å². The first-order chi connectivity index (χ1) is 4.72. The van der Waals surface area contributed by atoms with Gasteiger partial charge in [-0.2, -0.15) is 0 Å². The minimum atomic E-state index is 0.122. The number of carbonyl (C=O) groups excluding carboxylic acids is 1. The lowest BCUT2D eigenvalue weighted by Crippen LogP contribution is -2.17. The van der Waals surface area contributed by atoms with Crippen molar-refractivity contribution in [2.45, 2.75) is 26.7 Å². The van der Waals surface area contributed by atoms with Crippen molar-refractivity contribution in [2.24, 2.45) is 10.9 Å². The lowest BCUT2D eigenvalue weighted by molar-refractivity contribution is -0.115. The second-order valence-electron chi connectivity index (χ2n) is 2.95. The minimum absolute atomic E-state index is 0.122. The molecule has 0 unspecified atom stereocenters. The topological polar surface area (TPSA) is 29.4 Å². The number of ketones is 1. The molecule has 10 heavy (non-hydrogen) atoms. The van der Waals surface area contributed by atoms with Crippen LogP contribution in [0.1, 0.15) is 26.7 Å². The fourth-order valence-electron chi connectivity index (χ4n) is 1.07. The van der Waals surface area contributed by atoms with Crippen LogP contribution in [-0.4, -0.2) is 18.0 Å². The maximum absolute atomic E-state index is 11.2. The van der Waals surface area contributed by atoms with Crippen molar-refractivity contribution >= 4 is 11.5 Å². The fraction of sp³-hybridized carbons (Fsp3) is 0.750. The number of hydrogen-bond acceptors (Lipinski definition) is 2. The standard InChI is InChI=1S/C8H13NO/c1-6(2)8(10)7-4-3-5-9-7/h6H,3-5H2,1-2H3. The average Bonchev–Trinajstić information content (AvgIpc) is 2.36. The van der Waals surface area contributed by atoms with E-state index in [1.165, 1.54) is 0 Å². The molecular formula is C8H13NO. The Bertz CT molecular complexity index is 170. The van der Waals surface area contributed by atoms with Gasteiger partial charge in [0.25, 0.3) is 0 Å². The van der Waals surface area contributed by atoms with Crippen LogP contribution in [0.2, 0.25) is 0 Å². The second-order valence-corrected chi connectivity index (χ2v) is 2.95. The van der Waals surface area contributed by atoms with Crippen LogP contribution in [-0.2, 0) is 4.79 Å². The summed E-state index contributed by atoms with van der Waals surface area (Å²) >= 11 is 0. The van der Waals surface area contributed by atoms with Gasteiger partial charge in [0.1, 0.15) is 0 Å². The molecule has 1 heterocycles. The number of Topliss-reactive ketones (excluding diaryl/α,β-unsaturated/α-hetero) is 1. The normalized spacial score (nSPS) is 17.7. The third-order valence-electron chi connectivity index (χ3n) is 1.68. The van der Waals surface area contributed by atoms with Crippen molar-refractivity contribution < 1.29 is 4.79 Å². The van der Waals surface area contributed by atoms with Gasteiger partial charge in [0.2, 0.25) is 0 Å². The molecule has 56 valence electrons. The van der Waals surface area contributed by atoms with Gasteiger partial charge in [-0.15, -0.1) is 0 Å². The molecule has 0 aromatic carbocycles. The zero-order chi connectivity index (χ0) is 7.56. The largest absolute Gasteiger partial charge is 0.293 e. The molecule has 0 aromatic heterocycles. The second kappa shape index (κ2) is 2.95. The molecule has 0 aliphatic carbocycles. The van der Waals surface area contributed by atoms with E-state index in [1.54, 1.807) is 0 Å². The summed E-state index contributed by atoms with van der Waals surface area (Å²) in [4.78, 5) is 15.3. The Morgan fingerprint density at radius 3 is 2.70 bits per heavy atom. The van der Waals surface area contributed by atoms with Gasteiger partial charge in [-0.25, -0.2) is 0 Å².